The summed E-state index contributed by atoms with van der Waals surface area (Å²) < 4.78 is 20.5. The minimum absolute atomic E-state index is 0.0531. The quantitative estimate of drug-likeness (QED) is 0.771. The third kappa shape index (κ3) is 4.00. The summed E-state index contributed by atoms with van der Waals surface area (Å²) in [5.74, 6) is 0.581. The number of nitrogens with zero attached hydrogens (tertiary/aromatic N) is 2. The van der Waals surface area contributed by atoms with Gasteiger partial charge in [-0.2, -0.15) is 4.98 Å². The molecule has 1 aliphatic carbocycles. The number of likely N-dealkylation sites (tertiary alicyclic amines) is 1. The van der Waals surface area contributed by atoms with Crippen molar-refractivity contribution in [1.82, 2.24) is 9.88 Å². The summed E-state index contributed by atoms with van der Waals surface area (Å²) in [6.07, 6.45) is 8.68. The molecule has 1 amide bonds. The van der Waals surface area contributed by atoms with Crippen LogP contribution >= 0.6 is 11.3 Å². The standard InChI is InChI=1S/C20H25FN2O2S/c21-16-7-4-8-17-19(16)22-20(26-17)25-15-9-11-23(12-10-15)18(24)13-14-5-2-1-3-6-14/h4,7-8,14-15H,1-3,5-6,9-13H2. The van der Waals surface area contributed by atoms with Gasteiger partial charge in [0, 0.05) is 32.4 Å². The molecule has 1 aliphatic heterocycles. The molecule has 0 bridgehead atoms. The number of piperidine rings is 1. The Balaban J connectivity index is 1.28. The van der Waals surface area contributed by atoms with Gasteiger partial charge in [-0.3, -0.25) is 4.79 Å². The molecule has 4 nitrogen and oxygen atoms in total. The molecule has 2 fully saturated rings. The molecule has 1 aromatic carbocycles. The maximum atomic E-state index is 13.8. The molecule has 2 aliphatic rings. The minimum atomic E-state index is -0.309. The normalized spacial score (nSPS) is 19.8. The highest BCUT2D eigenvalue weighted by Crippen LogP contribution is 2.31. The third-order valence-electron chi connectivity index (χ3n) is 5.60. The Labute approximate surface area is 157 Å². The molecule has 1 saturated heterocycles. The molecule has 0 radical (unpaired) electrons. The van der Waals surface area contributed by atoms with Gasteiger partial charge in [0.25, 0.3) is 5.19 Å². The van der Waals surface area contributed by atoms with Gasteiger partial charge >= 0.3 is 0 Å². The van der Waals surface area contributed by atoms with E-state index < -0.39 is 0 Å². The van der Waals surface area contributed by atoms with Gasteiger partial charge in [-0.1, -0.05) is 36.7 Å². The lowest BCUT2D eigenvalue weighted by Crippen LogP contribution is -2.42. The van der Waals surface area contributed by atoms with Crippen molar-refractivity contribution in [2.45, 2.75) is 57.5 Å². The summed E-state index contributed by atoms with van der Waals surface area (Å²) in [5, 5.41) is 0.525. The summed E-state index contributed by atoms with van der Waals surface area (Å²) in [4.78, 5) is 18.8. The van der Waals surface area contributed by atoms with E-state index in [9.17, 15) is 9.18 Å². The minimum Gasteiger partial charge on any atom is -0.467 e. The van der Waals surface area contributed by atoms with Crippen molar-refractivity contribution in [1.29, 1.82) is 0 Å². The topological polar surface area (TPSA) is 42.4 Å². The molecule has 1 aromatic heterocycles. The molecule has 2 aromatic rings. The number of hydrogen-bond acceptors (Lipinski definition) is 4. The molecular formula is C20H25FN2O2S. The van der Waals surface area contributed by atoms with E-state index in [4.69, 9.17) is 4.74 Å². The molecule has 0 unspecified atom stereocenters. The molecule has 26 heavy (non-hydrogen) atoms. The van der Waals surface area contributed by atoms with E-state index >= 15 is 0 Å². The summed E-state index contributed by atoms with van der Waals surface area (Å²) in [5.41, 5.74) is 0.382. The lowest BCUT2D eigenvalue weighted by Gasteiger charge is -2.33. The Morgan fingerprint density at radius 1 is 1.19 bits per heavy atom. The van der Waals surface area contributed by atoms with Crippen LogP contribution < -0.4 is 4.74 Å². The van der Waals surface area contributed by atoms with Crippen LogP contribution in [-0.2, 0) is 4.79 Å². The molecule has 6 heteroatoms. The first kappa shape index (κ1) is 17.7. The van der Waals surface area contributed by atoms with Crippen molar-refractivity contribution < 1.29 is 13.9 Å². The lowest BCUT2D eigenvalue weighted by molar-refractivity contribution is -0.134. The van der Waals surface area contributed by atoms with E-state index in [0.717, 1.165) is 30.6 Å². The Morgan fingerprint density at radius 2 is 1.96 bits per heavy atom. The summed E-state index contributed by atoms with van der Waals surface area (Å²) >= 11 is 1.38. The maximum absolute atomic E-state index is 13.8. The van der Waals surface area contributed by atoms with Crippen LogP contribution in [0.15, 0.2) is 18.2 Å². The maximum Gasteiger partial charge on any atom is 0.274 e. The van der Waals surface area contributed by atoms with Crippen molar-refractivity contribution in [3.8, 4) is 5.19 Å². The smallest absolute Gasteiger partial charge is 0.274 e. The average molecular weight is 376 g/mol. The van der Waals surface area contributed by atoms with Crippen LogP contribution in [-0.4, -0.2) is 35.0 Å². The van der Waals surface area contributed by atoms with Crippen LogP contribution in [0.1, 0.15) is 51.4 Å². The average Bonchev–Trinajstić information content (AvgIpc) is 3.07. The molecule has 0 spiro atoms. The van der Waals surface area contributed by atoms with Crippen molar-refractivity contribution >= 4 is 27.5 Å². The van der Waals surface area contributed by atoms with Crippen molar-refractivity contribution in [3.63, 3.8) is 0 Å². The Kier molecular flexibility index (Phi) is 5.38. The number of halogens is 1. The highest BCUT2D eigenvalue weighted by Gasteiger charge is 2.27. The number of carbonyl (C=O) groups excluding carboxylic acids is 1. The van der Waals surface area contributed by atoms with Gasteiger partial charge in [-0.15, -0.1) is 0 Å². The summed E-state index contributed by atoms with van der Waals surface area (Å²) in [6, 6.07) is 4.97. The highest BCUT2D eigenvalue weighted by atomic mass is 32.1. The van der Waals surface area contributed by atoms with Crippen LogP contribution in [0.25, 0.3) is 10.2 Å². The van der Waals surface area contributed by atoms with Gasteiger partial charge in [-0.25, -0.2) is 4.39 Å². The van der Waals surface area contributed by atoms with Gasteiger partial charge in [0.05, 0.1) is 4.70 Å². The summed E-state index contributed by atoms with van der Waals surface area (Å²) in [7, 11) is 0. The van der Waals surface area contributed by atoms with Crippen LogP contribution in [0.4, 0.5) is 4.39 Å². The van der Waals surface area contributed by atoms with E-state index in [2.05, 4.69) is 4.98 Å². The fourth-order valence-electron chi connectivity index (χ4n) is 4.08. The Bertz CT molecular complexity index is 764. The van der Waals surface area contributed by atoms with Gasteiger partial charge in [-0.05, 0) is 30.9 Å². The van der Waals surface area contributed by atoms with Crippen LogP contribution in [0.3, 0.4) is 0 Å². The molecule has 0 atom stereocenters. The second-order valence-corrected chi connectivity index (χ2v) is 8.47. The van der Waals surface area contributed by atoms with Crippen LogP contribution in [0.5, 0.6) is 5.19 Å². The second kappa shape index (κ2) is 7.91. The van der Waals surface area contributed by atoms with E-state index in [1.165, 1.54) is 49.5 Å². The van der Waals surface area contributed by atoms with Crippen molar-refractivity contribution in [2.24, 2.45) is 5.92 Å². The first-order chi connectivity index (χ1) is 12.7. The molecule has 2 heterocycles. The molecule has 4 rings (SSSR count). The largest absolute Gasteiger partial charge is 0.467 e. The van der Waals surface area contributed by atoms with E-state index in [-0.39, 0.29) is 11.9 Å². The second-order valence-electron chi connectivity index (χ2n) is 7.47. The Morgan fingerprint density at radius 3 is 2.69 bits per heavy atom. The summed E-state index contributed by atoms with van der Waals surface area (Å²) in [6.45, 7) is 1.49. The number of rotatable bonds is 4. The SMILES string of the molecule is O=C(CC1CCCCC1)N1CCC(Oc2nc3c(F)cccc3s2)CC1. The van der Waals surface area contributed by atoms with Crippen LogP contribution in [0, 0.1) is 11.7 Å². The number of fused-ring (bicyclic) bond motifs is 1. The zero-order valence-corrected chi connectivity index (χ0v) is 15.8. The first-order valence-corrected chi connectivity index (χ1v) is 10.5. The molecule has 140 valence electrons. The number of para-hydroxylation sites is 1. The number of amides is 1. The first-order valence-electron chi connectivity index (χ1n) is 9.68. The number of thiazole rings is 1. The number of benzene rings is 1. The molecular weight excluding hydrogens is 351 g/mol. The van der Waals surface area contributed by atoms with E-state index in [1.807, 2.05) is 11.0 Å². The van der Waals surface area contributed by atoms with Gasteiger partial charge in [0.1, 0.15) is 17.4 Å². The zero-order chi connectivity index (χ0) is 17.9. The number of ether oxygens (including phenoxy) is 1. The van der Waals surface area contributed by atoms with E-state index in [0.29, 0.717) is 29.0 Å². The fourth-order valence-corrected chi connectivity index (χ4v) is 4.97. The monoisotopic (exact) mass is 376 g/mol. The van der Waals surface area contributed by atoms with Crippen molar-refractivity contribution in [3.05, 3.63) is 24.0 Å². The van der Waals surface area contributed by atoms with Gasteiger partial charge in [0.15, 0.2) is 0 Å². The van der Waals surface area contributed by atoms with Crippen molar-refractivity contribution in [2.75, 3.05) is 13.1 Å². The fraction of sp³-hybridized carbons (Fsp3) is 0.600. The lowest BCUT2D eigenvalue weighted by atomic mass is 9.86. The predicted octanol–water partition coefficient (Wildman–Crippen LogP) is 4.78. The molecule has 0 N–H and O–H groups in total. The number of carbonyl (C=O) groups is 1. The number of aromatic nitrogens is 1. The van der Waals surface area contributed by atoms with Crippen LogP contribution in [0.2, 0.25) is 0 Å². The highest BCUT2D eigenvalue weighted by molar-refractivity contribution is 7.20. The zero-order valence-electron chi connectivity index (χ0n) is 15.0. The van der Waals surface area contributed by atoms with Gasteiger partial charge < -0.3 is 9.64 Å². The molecule has 1 saturated carbocycles. The third-order valence-corrected chi connectivity index (χ3v) is 6.51. The number of hydrogen-bond donors (Lipinski definition) is 0. The van der Waals surface area contributed by atoms with Gasteiger partial charge in [0.2, 0.25) is 5.91 Å². The predicted molar refractivity (Wildman–Crippen MR) is 101 cm³/mol. The Hall–Kier alpha value is -1.69. The van der Waals surface area contributed by atoms with E-state index in [1.54, 1.807) is 6.07 Å².